The van der Waals surface area contributed by atoms with E-state index in [1.54, 1.807) is 19.1 Å². The van der Waals surface area contributed by atoms with Crippen LogP contribution in [0.15, 0.2) is 28.8 Å². The van der Waals surface area contributed by atoms with E-state index in [4.69, 9.17) is 4.52 Å². The predicted molar refractivity (Wildman–Crippen MR) is 52.0 cm³/mol. The number of carbonyl (C=O) groups is 1. The van der Waals surface area contributed by atoms with Gasteiger partial charge in [-0.05, 0) is 31.2 Å². The highest BCUT2D eigenvalue weighted by Crippen LogP contribution is 2.24. The Morgan fingerprint density at radius 2 is 2.00 bits per heavy atom. The van der Waals surface area contributed by atoms with Crippen LogP contribution in [0, 0.1) is 12.7 Å². The molecule has 2 rings (SSSR count). The zero-order valence-electron chi connectivity index (χ0n) is 8.03. The van der Waals surface area contributed by atoms with Crippen LogP contribution < -0.4 is 0 Å². The zero-order valence-corrected chi connectivity index (χ0v) is 8.03. The summed E-state index contributed by atoms with van der Waals surface area (Å²) in [6.07, 6.45) is 0.685. The average Bonchev–Trinajstić information content (AvgIpc) is 2.61. The second-order valence-electron chi connectivity index (χ2n) is 3.14. The second kappa shape index (κ2) is 3.65. The van der Waals surface area contributed by atoms with Gasteiger partial charge < -0.3 is 4.52 Å². The second-order valence-corrected chi connectivity index (χ2v) is 3.14. The zero-order chi connectivity index (χ0) is 10.8. The Morgan fingerprint density at radius 3 is 2.60 bits per heavy atom. The Labute approximate surface area is 85.5 Å². The van der Waals surface area contributed by atoms with Crippen LogP contribution in [0.3, 0.4) is 0 Å². The van der Waals surface area contributed by atoms with Gasteiger partial charge in [0.25, 0.3) is 0 Å². The maximum absolute atomic E-state index is 12.7. The Kier molecular flexibility index (Phi) is 2.33. The van der Waals surface area contributed by atoms with Crippen LogP contribution in [0.25, 0.3) is 11.3 Å². The number of aldehydes is 1. The lowest BCUT2D eigenvalue weighted by molar-refractivity contribution is 0.112. The number of hydrogen-bond donors (Lipinski definition) is 0. The Balaban J connectivity index is 2.53. The van der Waals surface area contributed by atoms with Gasteiger partial charge in [0.15, 0.2) is 12.0 Å². The van der Waals surface area contributed by atoms with Gasteiger partial charge in [-0.2, -0.15) is 0 Å². The third kappa shape index (κ3) is 1.66. The van der Waals surface area contributed by atoms with Crippen molar-refractivity contribution in [1.29, 1.82) is 0 Å². The molecule has 0 N–H and O–H groups in total. The maximum atomic E-state index is 12.7. The topological polar surface area (TPSA) is 43.1 Å². The largest absolute Gasteiger partial charge is 0.355 e. The highest BCUT2D eigenvalue weighted by molar-refractivity contribution is 5.86. The molecule has 0 bridgehead atoms. The summed E-state index contributed by atoms with van der Waals surface area (Å²) in [4.78, 5) is 10.8. The molecular weight excluding hydrogens is 197 g/mol. The quantitative estimate of drug-likeness (QED) is 0.708. The van der Waals surface area contributed by atoms with Crippen molar-refractivity contribution in [3.05, 3.63) is 41.3 Å². The summed E-state index contributed by atoms with van der Waals surface area (Å²) in [5.41, 5.74) is 1.57. The first-order valence-electron chi connectivity index (χ1n) is 4.40. The third-order valence-electron chi connectivity index (χ3n) is 2.13. The molecule has 1 heterocycles. The molecule has 0 radical (unpaired) electrons. The normalized spacial score (nSPS) is 10.3. The fourth-order valence-electron chi connectivity index (χ4n) is 1.33. The monoisotopic (exact) mass is 205 g/mol. The Hall–Kier alpha value is -1.97. The molecule has 3 nitrogen and oxygen atoms in total. The van der Waals surface area contributed by atoms with Gasteiger partial charge in [0.05, 0.1) is 11.3 Å². The minimum absolute atomic E-state index is 0.331. The van der Waals surface area contributed by atoms with Crippen LogP contribution >= 0.6 is 0 Å². The number of hydrogen-bond acceptors (Lipinski definition) is 3. The van der Waals surface area contributed by atoms with Gasteiger partial charge in [-0.25, -0.2) is 4.39 Å². The van der Waals surface area contributed by atoms with Crippen LogP contribution in [0.5, 0.6) is 0 Å². The van der Waals surface area contributed by atoms with E-state index in [9.17, 15) is 9.18 Å². The number of halogens is 1. The molecule has 2 aromatic rings. The summed E-state index contributed by atoms with van der Waals surface area (Å²) in [7, 11) is 0. The standard InChI is InChI=1S/C11H8FNO2/c1-7-10(6-14)11(15-13-7)8-2-4-9(12)5-3-8/h2-6H,1H3. The van der Waals surface area contributed by atoms with Crippen LogP contribution in [-0.4, -0.2) is 11.4 Å². The Bertz CT molecular complexity index is 488. The molecule has 0 aliphatic carbocycles. The van der Waals surface area contributed by atoms with Crippen LogP contribution in [-0.2, 0) is 0 Å². The van der Waals surface area contributed by atoms with E-state index in [1.807, 2.05) is 0 Å². The average molecular weight is 205 g/mol. The van der Waals surface area contributed by atoms with Crippen molar-refractivity contribution in [3.8, 4) is 11.3 Å². The minimum atomic E-state index is -0.331. The third-order valence-corrected chi connectivity index (χ3v) is 2.13. The van der Waals surface area contributed by atoms with Gasteiger partial charge in [0.1, 0.15) is 5.82 Å². The summed E-state index contributed by atoms with van der Waals surface area (Å²) in [5.74, 6) is 0.0464. The van der Waals surface area contributed by atoms with Gasteiger partial charge in [-0.15, -0.1) is 0 Å². The van der Waals surface area contributed by atoms with E-state index >= 15 is 0 Å². The molecule has 15 heavy (non-hydrogen) atoms. The molecule has 0 amide bonds. The van der Waals surface area contributed by atoms with Gasteiger partial charge >= 0.3 is 0 Å². The van der Waals surface area contributed by atoms with E-state index in [0.717, 1.165) is 0 Å². The summed E-state index contributed by atoms with van der Waals surface area (Å²) in [6, 6.07) is 5.70. The SMILES string of the molecule is Cc1noc(-c2ccc(F)cc2)c1C=O. The smallest absolute Gasteiger partial charge is 0.177 e. The summed E-state index contributed by atoms with van der Waals surface area (Å²) >= 11 is 0. The first kappa shape index (κ1) is 9.58. The van der Waals surface area contributed by atoms with Crippen molar-refractivity contribution in [2.75, 3.05) is 0 Å². The van der Waals surface area contributed by atoms with Crippen molar-refractivity contribution < 1.29 is 13.7 Å². The summed E-state index contributed by atoms with van der Waals surface area (Å²) < 4.78 is 17.7. The molecule has 1 aromatic carbocycles. The molecule has 0 unspecified atom stereocenters. The van der Waals surface area contributed by atoms with E-state index in [-0.39, 0.29) is 5.82 Å². The van der Waals surface area contributed by atoms with Gasteiger partial charge in [-0.3, -0.25) is 4.79 Å². The molecule has 0 aliphatic heterocycles. The van der Waals surface area contributed by atoms with Crippen molar-refractivity contribution in [2.24, 2.45) is 0 Å². The first-order chi connectivity index (χ1) is 7.22. The van der Waals surface area contributed by atoms with Gasteiger partial charge in [-0.1, -0.05) is 5.16 Å². The molecule has 0 fully saturated rings. The van der Waals surface area contributed by atoms with E-state index in [2.05, 4.69) is 5.16 Å². The molecule has 0 spiro atoms. The lowest BCUT2D eigenvalue weighted by Crippen LogP contribution is -1.85. The van der Waals surface area contributed by atoms with E-state index < -0.39 is 0 Å². The number of nitrogens with zero attached hydrogens (tertiary/aromatic N) is 1. The molecule has 0 atom stereocenters. The maximum Gasteiger partial charge on any atom is 0.177 e. The lowest BCUT2D eigenvalue weighted by atomic mass is 10.1. The molecule has 1 aromatic heterocycles. The minimum Gasteiger partial charge on any atom is -0.355 e. The lowest BCUT2D eigenvalue weighted by Gasteiger charge is -1.96. The van der Waals surface area contributed by atoms with Crippen molar-refractivity contribution >= 4 is 6.29 Å². The fraction of sp³-hybridized carbons (Fsp3) is 0.0909. The van der Waals surface area contributed by atoms with E-state index in [0.29, 0.717) is 28.9 Å². The number of aryl methyl sites for hydroxylation is 1. The van der Waals surface area contributed by atoms with Crippen molar-refractivity contribution in [1.82, 2.24) is 5.16 Å². The Morgan fingerprint density at radius 1 is 1.33 bits per heavy atom. The van der Waals surface area contributed by atoms with Gasteiger partial charge in [0, 0.05) is 5.56 Å². The van der Waals surface area contributed by atoms with E-state index in [1.165, 1.54) is 12.1 Å². The van der Waals surface area contributed by atoms with Crippen molar-refractivity contribution in [2.45, 2.75) is 6.92 Å². The number of benzene rings is 1. The van der Waals surface area contributed by atoms with Gasteiger partial charge in [0.2, 0.25) is 0 Å². The number of rotatable bonds is 2. The fourth-order valence-corrected chi connectivity index (χ4v) is 1.33. The molecule has 0 saturated heterocycles. The molecule has 76 valence electrons. The van der Waals surface area contributed by atoms with Crippen LogP contribution in [0.1, 0.15) is 16.1 Å². The molecule has 4 heteroatoms. The summed E-state index contributed by atoms with van der Waals surface area (Å²) in [5, 5.41) is 3.69. The number of aromatic nitrogens is 1. The predicted octanol–water partition coefficient (Wildman–Crippen LogP) is 2.60. The molecule has 0 aliphatic rings. The molecule has 0 saturated carbocycles. The van der Waals surface area contributed by atoms with Crippen LogP contribution in [0.4, 0.5) is 4.39 Å². The van der Waals surface area contributed by atoms with Crippen molar-refractivity contribution in [3.63, 3.8) is 0 Å². The first-order valence-corrected chi connectivity index (χ1v) is 4.40. The summed E-state index contributed by atoms with van der Waals surface area (Å²) in [6.45, 7) is 1.68. The highest BCUT2D eigenvalue weighted by Gasteiger charge is 2.13. The number of carbonyl (C=O) groups excluding carboxylic acids is 1. The van der Waals surface area contributed by atoms with Crippen LogP contribution in [0.2, 0.25) is 0 Å². The highest BCUT2D eigenvalue weighted by atomic mass is 19.1. The molecular formula is C11H8FNO2.